The number of aromatic amines is 1. The molecule has 1 aliphatic heterocycles. The maximum Gasteiger partial charge on any atom is 0.318 e. The van der Waals surface area contributed by atoms with Gasteiger partial charge in [0.05, 0.1) is 38.5 Å². The molecule has 3 rings (SSSR count). The zero-order valence-corrected chi connectivity index (χ0v) is 20.3. The van der Waals surface area contributed by atoms with E-state index in [9.17, 15) is 14.7 Å². The van der Waals surface area contributed by atoms with Gasteiger partial charge >= 0.3 is 6.03 Å². The fourth-order valence-corrected chi connectivity index (χ4v) is 7.28. The molecule has 4 N–H and O–H groups in total. The number of nitrogens with one attached hydrogen (secondary N) is 3. The molecule has 1 aliphatic carbocycles. The quantitative estimate of drug-likeness (QED) is 0.513. The number of aliphatic hydroxyl groups is 1. The van der Waals surface area contributed by atoms with Crippen LogP contribution in [0.3, 0.4) is 0 Å². The molecule has 168 valence electrons. The number of rotatable bonds is 6. The van der Waals surface area contributed by atoms with Crippen molar-refractivity contribution in [3.05, 3.63) is 11.3 Å². The van der Waals surface area contributed by atoms with Gasteiger partial charge < -0.3 is 20.6 Å². The van der Waals surface area contributed by atoms with Crippen LogP contribution >= 0.6 is 0 Å². The molecule has 0 saturated heterocycles. The highest BCUT2D eigenvalue weighted by molar-refractivity contribution is 6.83. The number of hydrogen-bond donors (Lipinski definition) is 4. The summed E-state index contributed by atoms with van der Waals surface area (Å²) >= 11 is 0. The summed E-state index contributed by atoms with van der Waals surface area (Å²) in [5.41, 5.74) is 1.10. The topological polar surface area (TPSA) is 110 Å². The van der Waals surface area contributed by atoms with Gasteiger partial charge in [0.25, 0.3) is 0 Å². The maximum atomic E-state index is 13.2. The van der Waals surface area contributed by atoms with Crippen molar-refractivity contribution in [2.45, 2.75) is 89.8 Å². The van der Waals surface area contributed by atoms with Crippen molar-refractivity contribution >= 4 is 25.8 Å². The monoisotopic (exact) mass is 435 g/mol. The Bertz CT molecular complexity index is 823. The Balaban J connectivity index is 1.80. The van der Waals surface area contributed by atoms with E-state index in [-0.39, 0.29) is 35.5 Å². The van der Waals surface area contributed by atoms with Crippen molar-refractivity contribution in [2.75, 3.05) is 11.9 Å². The predicted octanol–water partition coefficient (Wildman–Crippen LogP) is 3.39. The number of fused-ring (bicyclic) bond motifs is 1. The first kappa shape index (κ1) is 22.8. The summed E-state index contributed by atoms with van der Waals surface area (Å²) in [5.74, 6) is 0.729. The molecule has 0 spiro atoms. The Labute approximate surface area is 180 Å². The number of urea groups is 1. The summed E-state index contributed by atoms with van der Waals surface area (Å²) in [5, 5.41) is 22.8. The van der Waals surface area contributed by atoms with E-state index in [1.807, 2.05) is 27.7 Å². The van der Waals surface area contributed by atoms with Crippen molar-refractivity contribution in [2.24, 2.45) is 5.92 Å². The largest absolute Gasteiger partial charge is 0.394 e. The minimum absolute atomic E-state index is 0.0723. The van der Waals surface area contributed by atoms with Gasteiger partial charge in [-0.1, -0.05) is 39.9 Å². The van der Waals surface area contributed by atoms with Crippen LogP contribution in [0.5, 0.6) is 0 Å². The molecule has 1 saturated carbocycles. The maximum absolute atomic E-state index is 13.2. The van der Waals surface area contributed by atoms with Crippen LogP contribution in [0, 0.1) is 5.92 Å². The van der Waals surface area contributed by atoms with Crippen LogP contribution < -0.4 is 10.6 Å². The summed E-state index contributed by atoms with van der Waals surface area (Å²) in [6.45, 7) is 14.9. The van der Waals surface area contributed by atoms with E-state index in [4.69, 9.17) is 0 Å². The Kier molecular flexibility index (Phi) is 5.83. The molecule has 2 aliphatic rings. The van der Waals surface area contributed by atoms with Gasteiger partial charge in [0.15, 0.2) is 5.82 Å². The van der Waals surface area contributed by atoms with Crippen LogP contribution in [0.4, 0.5) is 10.6 Å². The molecule has 9 heteroatoms. The van der Waals surface area contributed by atoms with Gasteiger partial charge in [-0.05, 0) is 32.6 Å². The van der Waals surface area contributed by atoms with Gasteiger partial charge in [-0.15, -0.1) is 0 Å². The lowest BCUT2D eigenvalue weighted by atomic mass is 9.83. The zero-order chi connectivity index (χ0) is 22.5. The molecule has 8 nitrogen and oxygen atoms in total. The molecule has 0 bridgehead atoms. The number of H-pyrrole nitrogens is 1. The van der Waals surface area contributed by atoms with E-state index in [2.05, 4.69) is 40.5 Å². The Morgan fingerprint density at radius 1 is 1.27 bits per heavy atom. The first-order valence-electron chi connectivity index (χ1n) is 10.9. The molecule has 30 heavy (non-hydrogen) atoms. The number of aromatic nitrogens is 2. The molecule has 0 aromatic carbocycles. The number of carbonyl (C=O) groups excluding carboxylic acids is 2. The van der Waals surface area contributed by atoms with Crippen molar-refractivity contribution < 1.29 is 14.7 Å². The number of carbonyl (C=O) groups is 2. The van der Waals surface area contributed by atoms with Gasteiger partial charge in [-0.3, -0.25) is 9.89 Å². The second kappa shape index (κ2) is 7.67. The molecule has 0 radical (unpaired) electrons. The predicted molar refractivity (Wildman–Crippen MR) is 120 cm³/mol. The highest BCUT2D eigenvalue weighted by atomic mass is 28.3. The minimum atomic E-state index is -1.69. The van der Waals surface area contributed by atoms with Crippen molar-refractivity contribution in [1.82, 2.24) is 20.4 Å². The summed E-state index contributed by atoms with van der Waals surface area (Å²) in [6, 6.07) is -0.535. The third-order valence-corrected chi connectivity index (χ3v) is 10.9. The zero-order valence-electron chi connectivity index (χ0n) is 19.3. The highest BCUT2D eigenvalue weighted by Crippen LogP contribution is 2.56. The van der Waals surface area contributed by atoms with Crippen LogP contribution in [0.2, 0.25) is 24.7 Å². The molecule has 1 atom stereocenters. The number of aliphatic hydroxyl groups excluding tert-OH is 1. The lowest BCUT2D eigenvalue weighted by molar-refractivity contribution is -0.121. The van der Waals surface area contributed by atoms with Gasteiger partial charge in [0.1, 0.15) is 0 Å². The Hall–Kier alpha value is -1.87. The molecular formula is C21H37N5O3Si. The second-order valence-electron chi connectivity index (χ2n) is 10.7. The number of amides is 3. The first-order chi connectivity index (χ1) is 13.8. The number of nitrogens with zero attached hydrogens (tertiary/aromatic N) is 2. The average Bonchev–Trinajstić information content (AvgIpc) is 3.08. The molecule has 0 unspecified atom stereocenters. The van der Waals surface area contributed by atoms with Crippen molar-refractivity contribution in [3.8, 4) is 0 Å². The third kappa shape index (κ3) is 3.55. The van der Waals surface area contributed by atoms with Gasteiger partial charge in [0, 0.05) is 10.6 Å². The van der Waals surface area contributed by atoms with Gasteiger partial charge in [-0.25, -0.2) is 4.79 Å². The minimum Gasteiger partial charge on any atom is -0.394 e. The third-order valence-electron chi connectivity index (χ3n) is 7.33. The van der Waals surface area contributed by atoms with E-state index >= 15 is 0 Å². The first-order valence-corrected chi connectivity index (χ1v) is 14.4. The van der Waals surface area contributed by atoms with E-state index in [0.29, 0.717) is 12.4 Å². The Morgan fingerprint density at radius 2 is 1.90 bits per heavy atom. The number of hydrogen-bond acceptors (Lipinski definition) is 4. The molecule has 2 heterocycles. The smallest absolute Gasteiger partial charge is 0.318 e. The average molecular weight is 436 g/mol. The molecule has 1 aromatic rings. The second-order valence-corrected chi connectivity index (χ2v) is 16.2. The molecular weight excluding hydrogens is 398 g/mol. The van der Waals surface area contributed by atoms with Gasteiger partial charge in [0.2, 0.25) is 5.91 Å². The summed E-state index contributed by atoms with van der Waals surface area (Å²) in [7, 11) is -1.69. The fraction of sp³-hybridized carbons (Fsp3) is 0.762. The number of anilines is 1. The Morgan fingerprint density at radius 3 is 2.37 bits per heavy atom. The standard InChI is InChI=1S/C21H37N5O3Si/c1-13(2)15(12-27)22-19(29)26-11-14-16(20(26,3)4)24-25-17(14)23-18(28)21(9-8-10-21)30(5,6)7/h13,15,27H,8-12H2,1-7H3,(H,22,29)(H2,23,24,25,28)/t15-/m1/s1. The van der Waals surface area contributed by atoms with E-state index in [1.54, 1.807) is 4.90 Å². The summed E-state index contributed by atoms with van der Waals surface area (Å²) in [6.07, 6.45) is 2.98. The summed E-state index contributed by atoms with van der Waals surface area (Å²) in [4.78, 5) is 27.9. The van der Waals surface area contributed by atoms with Gasteiger partial charge in [-0.2, -0.15) is 5.10 Å². The lowest BCUT2D eigenvalue weighted by Crippen LogP contribution is -2.52. The van der Waals surface area contributed by atoms with Crippen LogP contribution in [0.15, 0.2) is 0 Å². The van der Waals surface area contributed by atoms with E-state index in [1.165, 1.54) is 0 Å². The van der Waals surface area contributed by atoms with Crippen LogP contribution in [-0.4, -0.2) is 52.9 Å². The van der Waals surface area contributed by atoms with Crippen LogP contribution in [0.1, 0.15) is 58.2 Å². The van der Waals surface area contributed by atoms with E-state index < -0.39 is 13.6 Å². The van der Waals surface area contributed by atoms with E-state index in [0.717, 1.165) is 30.5 Å². The lowest BCUT2D eigenvalue weighted by Gasteiger charge is -2.48. The SMILES string of the molecule is CC(C)[C@@H](CO)NC(=O)N1Cc2c(NC(=O)C3([Si](C)(C)C)CCC3)n[nH]c2C1(C)C. The highest BCUT2D eigenvalue weighted by Gasteiger charge is 2.54. The van der Waals surface area contributed by atoms with Crippen LogP contribution in [0.25, 0.3) is 0 Å². The summed E-state index contributed by atoms with van der Waals surface area (Å²) < 4.78 is 0. The normalized spacial score (nSPS) is 20.5. The van der Waals surface area contributed by atoms with Crippen molar-refractivity contribution in [3.63, 3.8) is 0 Å². The van der Waals surface area contributed by atoms with Crippen molar-refractivity contribution in [1.29, 1.82) is 0 Å². The fourth-order valence-electron chi connectivity index (χ4n) is 4.68. The molecule has 1 fully saturated rings. The molecule has 3 amide bonds. The molecule has 1 aromatic heterocycles. The van der Waals surface area contributed by atoms with Crippen LogP contribution in [-0.2, 0) is 16.9 Å².